The molecule has 2 heterocycles. The number of rotatable bonds is 7. The summed E-state index contributed by atoms with van der Waals surface area (Å²) in [6.45, 7) is 3.41. The second-order valence-electron chi connectivity index (χ2n) is 6.11. The van der Waals surface area contributed by atoms with Crippen molar-refractivity contribution in [1.82, 2.24) is 20.4 Å². The van der Waals surface area contributed by atoms with Gasteiger partial charge in [-0.05, 0) is 32.6 Å². The highest BCUT2D eigenvalue weighted by Crippen LogP contribution is 2.30. The molecule has 2 N–H and O–H groups in total. The topological polar surface area (TPSA) is 96.5 Å². The molecule has 0 spiro atoms. The van der Waals surface area contributed by atoms with Crippen LogP contribution in [0.4, 0.5) is 9.93 Å². The molecule has 1 aliphatic heterocycles. The third kappa shape index (κ3) is 5.74. The monoisotopic (exact) mass is 385 g/mol. The van der Waals surface area contributed by atoms with Gasteiger partial charge in [0.1, 0.15) is 0 Å². The van der Waals surface area contributed by atoms with Gasteiger partial charge in [0.25, 0.3) is 0 Å². The molecule has 0 atom stereocenters. The third-order valence-electron chi connectivity index (χ3n) is 4.02. The number of hydrogen-bond donors (Lipinski definition) is 2. The highest BCUT2D eigenvalue weighted by atomic mass is 32.2. The highest BCUT2D eigenvalue weighted by molar-refractivity contribution is 8.01. The Morgan fingerprint density at radius 2 is 2.00 bits per heavy atom. The highest BCUT2D eigenvalue weighted by Gasteiger charge is 2.25. The molecule has 0 aromatic carbocycles. The number of anilines is 1. The van der Waals surface area contributed by atoms with E-state index in [-0.39, 0.29) is 18.0 Å². The lowest BCUT2D eigenvalue weighted by Gasteiger charge is -2.31. The molecule has 1 aliphatic carbocycles. The molecule has 8 nitrogen and oxygen atoms in total. The smallest absolute Gasteiger partial charge is 0.409 e. The fraction of sp³-hybridized carbons (Fsp3) is 0.733. The van der Waals surface area contributed by atoms with Gasteiger partial charge in [-0.3, -0.25) is 4.79 Å². The van der Waals surface area contributed by atoms with Gasteiger partial charge in [0, 0.05) is 25.2 Å². The number of carbonyl (C=O) groups excluding carboxylic acids is 2. The van der Waals surface area contributed by atoms with Gasteiger partial charge < -0.3 is 20.3 Å². The summed E-state index contributed by atoms with van der Waals surface area (Å²) in [6, 6.07) is 0.662. The van der Waals surface area contributed by atoms with Gasteiger partial charge in [-0.15, -0.1) is 10.2 Å². The number of amides is 2. The van der Waals surface area contributed by atoms with E-state index in [1.54, 1.807) is 11.8 Å². The first-order valence-corrected chi connectivity index (χ1v) is 10.4. The van der Waals surface area contributed by atoms with Gasteiger partial charge in [0.15, 0.2) is 4.34 Å². The lowest BCUT2D eigenvalue weighted by atomic mass is 10.1. The Bertz CT molecular complexity index is 600. The summed E-state index contributed by atoms with van der Waals surface area (Å²) in [6.07, 6.45) is 3.63. The first kappa shape index (κ1) is 18.2. The predicted octanol–water partition coefficient (Wildman–Crippen LogP) is 1.94. The Labute approximate surface area is 155 Å². The minimum Gasteiger partial charge on any atom is -0.450 e. The Hall–Kier alpha value is -1.55. The molecule has 1 saturated heterocycles. The van der Waals surface area contributed by atoms with E-state index in [0.717, 1.165) is 22.3 Å². The molecule has 2 amide bonds. The molecule has 10 heteroatoms. The number of aromatic nitrogens is 2. The first-order valence-electron chi connectivity index (χ1n) is 8.58. The molecule has 1 aromatic rings. The Balaban J connectivity index is 1.34. The lowest BCUT2D eigenvalue weighted by molar-refractivity contribution is -0.119. The van der Waals surface area contributed by atoms with Crippen LogP contribution in [-0.2, 0) is 9.53 Å². The molecule has 0 unspecified atom stereocenters. The van der Waals surface area contributed by atoms with Crippen molar-refractivity contribution < 1.29 is 14.3 Å². The van der Waals surface area contributed by atoms with E-state index in [9.17, 15) is 9.59 Å². The largest absolute Gasteiger partial charge is 0.450 e. The number of nitrogens with one attached hydrogen (secondary N) is 2. The summed E-state index contributed by atoms with van der Waals surface area (Å²) in [4.78, 5) is 25.4. The Morgan fingerprint density at radius 3 is 2.68 bits per heavy atom. The average molecular weight is 386 g/mol. The number of likely N-dealkylation sites (tertiary alicyclic amines) is 1. The van der Waals surface area contributed by atoms with E-state index in [2.05, 4.69) is 20.8 Å². The van der Waals surface area contributed by atoms with Crippen molar-refractivity contribution in [1.29, 1.82) is 0 Å². The maximum atomic E-state index is 12.1. The van der Waals surface area contributed by atoms with E-state index in [4.69, 9.17) is 4.74 Å². The van der Waals surface area contributed by atoms with E-state index in [1.165, 1.54) is 35.9 Å². The van der Waals surface area contributed by atoms with Gasteiger partial charge >= 0.3 is 6.09 Å². The SMILES string of the molecule is CCOC(=O)N1CCC(NC(=O)CSc2nnc(NC3CC3)s2)CC1. The fourth-order valence-electron chi connectivity index (χ4n) is 2.55. The molecular weight excluding hydrogens is 362 g/mol. The number of nitrogens with zero attached hydrogens (tertiary/aromatic N) is 3. The van der Waals surface area contributed by atoms with Crippen LogP contribution in [-0.4, -0.2) is 64.6 Å². The lowest BCUT2D eigenvalue weighted by Crippen LogP contribution is -2.47. The summed E-state index contributed by atoms with van der Waals surface area (Å²) in [7, 11) is 0. The van der Waals surface area contributed by atoms with Crippen LogP contribution in [0, 0.1) is 0 Å². The second-order valence-corrected chi connectivity index (χ2v) is 8.31. The van der Waals surface area contributed by atoms with Crippen molar-refractivity contribution in [3.05, 3.63) is 0 Å². The Kier molecular flexibility index (Phi) is 6.35. The molecule has 3 rings (SSSR count). The van der Waals surface area contributed by atoms with Crippen LogP contribution < -0.4 is 10.6 Å². The molecule has 0 bridgehead atoms. The minimum atomic E-state index is -0.269. The number of hydrogen-bond acceptors (Lipinski definition) is 8. The quantitative estimate of drug-likeness (QED) is 0.692. The van der Waals surface area contributed by atoms with E-state index in [0.29, 0.717) is 31.5 Å². The number of carbonyl (C=O) groups is 2. The van der Waals surface area contributed by atoms with Crippen LogP contribution in [0.25, 0.3) is 0 Å². The minimum absolute atomic E-state index is 0.00788. The van der Waals surface area contributed by atoms with E-state index < -0.39 is 0 Å². The number of piperidine rings is 1. The predicted molar refractivity (Wildman–Crippen MR) is 97.0 cm³/mol. The van der Waals surface area contributed by atoms with Crippen LogP contribution in [0.3, 0.4) is 0 Å². The van der Waals surface area contributed by atoms with Crippen molar-refractivity contribution in [3.8, 4) is 0 Å². The van der Waals surface area contributed by atoms with Gasteiger partial charge in [-0.25, -0.2) is 4.79 Å². The summed E-state index contributed by atoms with van der Waals surface area (Å²) >= 11 is 2.89. The van der Waals surface area contributed by atoms with Crippen molar-refractivity contribution in [2.24, 2.45) is 0 Å². The summed E-state index contributed by atoms with van der Waals surface area (Å²) in [5.41, 5.74) is 0. The normalized spacial score (nSPS) is 18.0. The summed E-state index contributed by atoms with van der Waals surface area (Å²) in [5, 5.41) is 15.3. The Morgan fingerprint density at radius 1 is 1.24 bits per heavy atom. The van der Waals surface area contributed by atoms with Crippen LogP contribution in [0.1, 0.15) is 32.6 Å². The van der Waals surface area contributed by atoms with E-state index in [1.807, 2.05) is 0 Å². The van der Waals surface area contributed by atoms with E-state index >= 15 is 0 Å². The zero-order chi connectivity index (χ0) is 17.6. The summed E-state index contributed by atoms with van der Waals surface area (Å²) in [5.74, 6) is 0.322. The van der Waals surface area contributed by atoms with Crippen LogP contribution in [0.2, 0.25) is 0 Å². The van der Waals surface area contributed by atoms with Gasteiger partial charge in [0.2, 0.25) is 11.0 Å². The average Bonchev–Trinajstić information content (AvgIpc) is 3.30. The molecule has 2 aliphatic rings. The van der Waals surface area contributed by atoms with Crippen molar-refractivity contribution in [2.45, 2.75) is 49.0 Å². The van der Waals surface area contributed by atoms with Gasteiger partial charge in [-0.2, -0.15) is 0 Å². The fourth-order valence-corrected chi connectivity index (χ4v) is 4.19. The van der Waals surface area contributed by atoms with Crippen molar-refractivity contribution in [2.75, 3.05) is 30.8 Å². The number of ether oxygens (including phenoxy) is 1. The van der Waals surface area contributed by atoms with Crippen molar-refractivity contribution >= 4 is 40.2 Å². The zero-order valence-electron chi connectivity index (χ0n) is 14.2. The van der Waals surface area contributed by atoms with Crippen LogP contribution >= 0.6 is 23.1 Å². The van der Waals surface area contributed by atoms with Crippen LogP contribution in [0.5, 0.6) is 0 Å². The molecule has 0 radical (unpaired) electrons. The molecule has 25 heavy (non-hydrogen) atoms. The summed E-state index contributed by atoms with van der Waals surface area (Å²) < 4.78 is 5.80. The van der Waals surface area contributed by atoms with Crippen molar-refractivity contribution in [3.63, 3.8) is 0 Å². The maximum Gasteiger partial charge on any atom is 0.409 e. The van der Waals surface area contributed by atoms with Gasteiger partial charge in [-0.1, -0.05) is 23.1 Å². The standard InChI is InChI=1S/C15H23N5O3S2/c1-2-23-15(22)20-7-5-11(6-8-20)16-12(21)9-24-14-19-18-13(25-14)17-10-3-4-10/h10-11H,2-9H2,1H3,(H,16,21)(H,17,18). The van der Waals surface area contributed by atoms with Crippen LogP contribution in [0.15, 0.2) is 4.34 Å². The molecule has 1 saturated carbocycles. The zero-order valence-corrected chi connectivity index (χ0v) is 15.8. The molecule has 138 valence electrons. The molecule has 2 fully saturated rings. The molecule has 1 aromatic heterocycles. The second kappa shape index (κ2) is 8.70. The van der Waals surface area contributed by atoms with Gasteiger partial charge in [0.05, 0.1) is 12.4 Å². The maximum absolute atomic E-state index is 12.1. The third-order valence-corrected chi connectivity index (χ3v) is 6.01. The molecular formula is C15H23N5O3S2. The number of thioether (sulfide) groups is 1. The first-order chi connectivity index (χ1) is 12.1.